The van der Waals surface area contributed by atoms with Gasteiger partial charge in [-0.05, 0) is 44.4 Å². The molecule has 2 aliphatic rings. The summed E-state index contributed by atoms with van der Waals surface area (Å²) in [5.74, 6) is 0.746. The maximum Gasteiger partial charge on any atom is 0.109 e. The summed E-state index contributed by atoms with van der Waals surface area (Å²) in [6.45, 7) is 3.36. The van der Waals surface area contributed by atoms with Gasteiger partial charge in [0, 0.05) is 6.61 Å². The molecule has 1 N–H and O–H groups in total. The van der Waals surface area contributed by atoms with Crippen molar-refractivity contribution < 1.29 is 9.84 Å². The molecule has 0 aromatic rings. The van der Waals surface area contributed by atoms with Gasteiger partial charge in [-0.3, -0.25) is 0 Å². The molecule has 1 aliphatic carbocycles. The predicted octanol–water partition coefficient (Wildman–Crippen LogP) is 3.03. The van der Waals surface area contributed by atoms with Gasteiger partial charge in [0.25, 0.3) is 0 Å². The maximum atomic E-state index is 10.9. The molecule has 1 aliphatic heterocycles. The van der Waals surface area contributed by atoms with Crippen LogP contribution in [0.1, 0.15) is 58.3 Å². The molecule has 3 nitrogen and oxygen atoms in total. The predicted molar refractivity (Wildman–Crippen MR) is 69.9 cm³/mol. The Balaban J connectivity index is 2.05. The van der Waals surface area contributed by atoms with E-state index in [0.717, 1.165) is 51.0 Å². The van der Waals surface area contributed by atoms with Crippen molar-refractivity contribution in [2.75, 3.05) is 13.2 Å². The highest BCUT2D eigenvalue weighted by molar-refractivity contribution is 5.13. The van der Waals surface area contributed by atoms with Crippen molar-refractivity contribution in [2.24, 2.45) is 11.3 Å². The summed E-state index contributed by atoms with van der Waals surface area (Å²) in [4.78, 5) is 0. The summed E-state index contributed by atoms with van der Waals surface area (Å²) in [7, 11) is 0. The highest BCUT2D eigenvalue weighted by Crippen LogP contribution is 2.48. The number of hydrogen-bond acceptors (Lipinski definition) is 3. The van der Waals surface area contributed by atoms with Crippen molar-refractivity contribution in [2.45, 2.75) is 63.9 Å². The number of nitriles is 1. The van der Waals surface area contributed by atoms with Gasteiger partial charge in [0.05, 0.1) is 18.3 Å². The van der Waals surface area contributed by atoms with Crippen LogP contribution in [0.25, 0.3) is 0 Å². The fourth-order valence-electron chi connectivity index (χ4n) is 3.68. The summed E-state index contributed by atoms with van der Waals surface area (Å²) in [5.41, 5.74) is -1.46. The molecule has 1 atom stereocenters. The minimum absolute atomic E-state index is 0.415. The topological polar surface area (TPSA) is 53.2 Å². The smallest absolute Gasteiger partial charge is 0.109 e. The monoisotopic (exact) mass is 251 g/mol. The number of rotatable bonds is 3. The SMILES string of the molecule is CCCC1CCC(O)(C2(C#N)CCCOC2)CC1. The molecular weight excluding hydrogens is 226 g/mol. The summed E-state index contributed by atoms with van der Waals surface area (Å²) < 4.78 is 5.49. The van der Waals surface area contributed by atoms with Crippen molar-refractivity contribution in [3.8, 4) is 6.07 Å². The summed E-state index contributed by atoms with van der Waals surface area (Å²) in [6, 6.07) is 2.40. The summed E-state index contributed by atoms with van der Waals surface area (Å²) >= 11 is 0. The van der Waals surface area contributed by atoms with Crippen molar-refractivity contribution in [3.05, 3.63) is 0 Å². The van der Waals surface area contributed by atoms with E-state index < -0.39 is 11.0 Å². The molecule has 0 aromatic heterocycles. The Morgan fingerprint density at radius 2 is 2.06 bits per heavy atom. The molecule has 0 aromatic carbocycles. The Labute approximate surface area is 110 Å². The van der Waals surface area contributed by atoms with E-state index in [1.807, 2.05) is 0 Å². The third kappa shape index (κ3) is 2.41. The van der Waals surface area contributed by atoms with Crippen LogP contribution >= 0.6 is 0 Å². The van der Waals surface area contributed by atoms with Crippen LogP contribution in [0.5, 0.6) is 0 Å². The van der Waals surface area contributed by atoms with E-state index in [1.165, 1.54) is 12.8 Å². The van der Waals surface area contributed by atoms with Crippen LogP contribution in [0.15, 0.2) is 0 Å². The van der Waals surface area contributed by atoms with E-state index in [1.54, 1.807) is 0 Å². The molecule has 18 heavy (non-hydrogen) atoms. The summed E-state index contributed by atoms with van der Waals surface area (Å²) in [5, 5.41) is 20.5. The molecule has 102 valence electrons. The highest BCUT2D eigenvalue weighted by atomic mass is 16.5. The molecule has 1 saturated heterocycles. The molecule has 2 rings (SSSR count). The van der Waals surface area contributed by atoms with E-state index in [2.05, 4.69) is 13.0 Å². The number of hydrogen-bond donors (Lipinski definition) is 1. The van der Waals surface area contributed by atoms with Crippen LogP contribution in [0.4, 0.5) is 0 Å². The van der Waals surface area contributed by atoms with Crippen molar-refractivity contribution in [1.29, 1.82) is 5.26 Å². The second-order valence-electron chi connectivity index (χ2n) is 6.11. The Hall–Kier alpha value is -0.590. The van der Waals surface area contributed by atoms with E-state index in [9.17, 15) is 10.4 Å². The van der Waals surface area contributed by atoms with Crippen LogP contribution in [0.3, 0.4) is 0 Å². The molecule has 1 heterocycles. The van der Waals surface area contributed by atoms with Gasteiger partial charge in [0.15, 0.2) is 0 Å². The minimum atomic E-state index is -0.813. The maximum absolute atomic E-state index is 10.9. The molecular formula is C15H25NO2. The van der Waals surface area contributed by atoms with Gasteiger partial charge in [-0.15, -0.1) is 0 Å². The van der Waals surface area contributed by atoms with Crippen LogP contribution in [-0.4, -0.2) is 23.9 Å². The molecule has 0 amide bonds. The lowest BCUT2D eigenvalue weighted by atomic mass is 9.61. The van der Waals surface area contributed by atoms with Gasteiger partial charge in [-0.1, -0.05) is 19.8 Å². The second kappa shape index (κ2) is 5.59. The Bertz CT molecular complexity index is 307. The van der Waals surface area contributed by atoms with Gasteiger partial charge in [0.1, 0.15) is 5.41 Å². The third-order valence-electron chi connectivity index (χ3n) is 4.97. The van der Waals surface area contributed by atoms with Crippen LogP contribution in [0, 0.1) is 22.7 Å². The van der Waals surface area contributed by atoms with Crippen LogP contribution in [-0.2, 0) is 4.74 Å². The van der Waals surface area contributed by atoms with Gasteiger partial charge in [0.2, 0.25) is 0 Å². The highest BCUT2D eigenvalue weighted by Gasteiger charge is 2.52. The lowest BCUT2D eigenvalue weighted by Crippen LogP contribution is -2.53. The first-order valence-corrected chi connectivity index (χ1v) is 7.37. The van der Waals surface area contributed by atoms with Gasteiger partial charge in [-0.25, -0.2) is 0 Å². The standard InChI is InChI=1S/C15H25NO2/c1-2-4-13-5-8-15(17,9-6-13)14(11-16)7-3-10-18-12-14/h13,17H,2-10,12H2,1H3. The van der Waals surface area contributed by atoms with Gasteiger partial charge in [-0.2, -0.15) is 5.26 Å². The molecule has 3 heteroatoms. The normalized spacial score (nSPS) is 41.3. The minimum Gasteiger partial charge on any atom is -0.388 e. The van der Waals surface area contributed by atoms with Crippen molar-refractivity contribution in [3.63, 3.8) is 0 Å². The number of nitrogens with zero attached hydrogens (tertiary/aromatic N) is 1. The number of ether oxygens (including phenoxy) is 1. The van der Waals surface area contributed by atoms with E-state index in [0.29, 0.717) is 6.61 Å². The molecule has 0 spiro atoms. The molecule has 0 radical (unpaired) electrons. The molecule has 1 saturated carbocycles. The molecule has 2 fully saturated rings. The first-order chi connectivity index (χ1) is 8.66. The van der Waals surface area contributed by atoms with Crippen LogP contribution < -0.4 is 0 Å². The zero-order valence-electron chi connectivity index (χ0n) is 11.5. The average Bonchev–Trinajstić information content (AvgIpc) is 2.42. The van der Waals surface area contributed by atoms with Crippen molar-refractivity contribution >= 4 is 0 Å². The number of aliphatic hydroxyl groups is 1. The first kappa shape index (κ1) is 13.8. The van der Waals surface area contributed by atoms with Gasteiger partial charge >= 0.3 is 0 Å². The van der Waals surface area contributed by atoms with E-state index in [-0.39, 0.29) is 0 Å². The quantitative estimate of drug-likeness (QED) is 0.838. The van der Waals surface area contributed by atoms with Gasteiger partial charge < -0.3 is 9.84 Å². The second-order valence-corrected chi connectivity index (χ2v) is 6.11. The Kier molecular flexibility index (Phi) is 4.29. The largest absolute Gasteiger partial charge is 0.388 e. The average molecular weight is 251 g/mol. The Morgan fingerprint density at radius 3 is 2.56 bits per heavy atom. The van der Waals surface area contributed by atoms with E-state index in [4.69, 9.17) is 4.74 Å². The summed E-state index contributed by atoms with van der Waals surface area (Å²) in [6.07, 6.45) is 7.83. The third-order valence-corrected chi connectivity index (χ3v) is 4.97. The zero-order valence-corrected chi connectivity index (χ0v) is 11.5. The van der Waals surface area contributed by atoms with E-state index >= 15 is 0 Å². The fraction of sp³-hybridized carbons (Fsp3) is 0.933. The first-order valence-electron chi connectivity index (χ1n) is 7.37. The van der Waals surface area contributed by atoms with Crippen LogP contribution in [0.2, 0.25) is 0 Å². The lowest BCUT2D eigenvalue weighted by Gasteiger charge is -2.48. The zero-order chi connectivity index (χ0) is 13.1. The molecule has 0 bridgehead atoms. The lowest BCUT2D eigenvalue weighted by molar-refractivity contribution is -0.140. The molecule has 1 unspecified atom stereocenters. The fourth-order valence-corrected chi connectivity index (χ4v) is 3.68. The Morgan fingerprint density at radius 1 is 1.33 bits per heavy atom. The van der Waals surface area contributed by atoms with Crippen molar-refractivity contribution in [1.82, 2.24) is 0 Å².